The Bertz CT molecular complexity index is 944. The molecule has 0 radical (unpaired) electrons. The molecule has 0 atom stereocenters. The number of anilines is 1. The number of hydrogen-bond donors (Lipinski definition) is 1. The van der Waals surface area contributed by atoms with Crippen LogP contribution in [0.15, 0.2) is 41.9 Å². The Hall–Kier alpha value is -2.64. The molecule has 1 aromatic carbocycles. The highest BCUT2D eigenvalue weighted by atomic mass is 35.5. The van der Waals surface area contributed by atoms with Gasteiger partial charge in [-0.15, -0.1) is 11.3 Å². The van der Waals surface area contributed by atoms with Crippen molar-refractivity contribution in [3.8, 4) is 22.8 Å². The number of pyridine rings is 1. The van der Waals surface area contributed by atoms with Crippen LogP contribution in [0.5, 0.6) is 11.5 Å². The molecule has 0 fully saturated rings. The van der Waals surface area contributed by atoms with Crippen LogP contribution in [-0.4, -0.2) is 29.1 Å². The second-order valence-electron chi connectivity index (χ2n) is 5.19. The van der Waals surface area contributed by atoms with Crippen LogP contribution in [0.25, 0.3) is 11.3 Å². The molecule has 1 N–H and O–H groups in total. The lowest BCUT2D eigenvalue weighted by Gasteiger charge is -2.18. The van der Waals surface area contributed by atoms with E-state index in [1.165, 1.54) is 17.5 Å². The van der Waals surface area contributed by atoms with Gasteiger partial charge in [0.25, 0.3) is 5.91 Å². The molecule has 0 bridgehead atoms. The van der Waals surface area contributed by atoms with Crippen molar-refractivity contribution in [2.45, 2.75) is 0 Å². The summed E-state index contributed by atoms with van der Waals surface area (Å²) >= 11 is 7.27. The van der Waals surface area contributed by atoms with Gasteiger partial charge in [-0.25, -0.2) is 9.97 Å². The van der Waals surface area contributed by atoms with Gasteiger partial charge in [0.1, 0.15) is 18.4 Å². The molecular formula is C17H12ClN3O3S. The standard InChI is InChI=1S/C17H12ClN3O3S/c18-15-11(2-1-5-19-15)16(22)21-17-20-12(9-25-17)10-3-4-13-14(8-10)24-7-6-23-13/h1-5,8-9H,6-7H2,(H,20,21,22). The first kappa shape index (κ1) is 15.9. The van der Waals surface area contributed by atoms with Gasteiger partial charge in [-0.3, -0.25) is 10.1 Å². The molecule has 1 aliphatic rings. The molecular weight excluding hydrogens is 362 g/mol. The highest BCUT2D eigenvalue weighted by molar-refractivity contribution is 7.14. The van der Waals surface area contributed by atoms with Crippen molar-refractivity contribution in [3.63, 3.8) is 0 Å². The number of rotatable bonds is 3. The molecule has 8 heteroatoms. The van der Waals surface area contributed by atoms with E-state index in [2.05, 4.69) is 15.3 Å². The average Bonchev–Trinajstić information content (AvgIpc) is 3.10. The van der Waals surface area contributed by atoms with Crippen LogP contribution in [0, 0.1) is 0 Å². The topological polar surface area (TPSA) is 73.3 Å². The van der Waals surface area contributed by atoms with Gasteiger partial charge in [-0.05, 0) is 30.3 Å². The van der Waals surface area contributed by atoms with Crippen molar-refractivity contribution >= 4 is 34.0 Å². The minimum absolute atomic E-state index is 0.156. The van der Waals surface area contributed by atoms with Crippen molar-refractivity contribution in [2.75, 3.05) is 18.5 Å². The summed E-state index contributed by atoms with van der Waals surface area (Å²) in [6, 6.07) is 8.92. The first-order valence-electron chi connectivity index (χ1n) is 7.48. The highest BCUT2D eigenvalue weighted by Crippen LogP contribution is 2.35. The molecule has 6 nitrogen and oxygen atoms in total. The van der Waals surface area contributed by atoms with Gasteiger partial charge in [-0.2, -0.15) is 0 Å². The van der Waals surface area contributed by atoms with Gasteiger partial charge in [0.15, 0.2) is 16.6 Å². The molecule has 3 aromatic rings. The molecule has 126 valence electrons. The van der Waals surface area contributed by atoms with Gasteiger partial charge in [0.05, 0.1) is 11.3 Å². The third-order valence-corrected chi connectivity index (χ3v) is 4.63. The van der Waals surface area contributed by atoms with E-state index in [1.54, 1.807) is 12.1 Å². The van der Waals surface area contributed by atoms with E-state index in [9.17, 15) is 4.79 Å². The minimum atomic E-state index is -0.346. The van der Waals surface area contributed by atoms with Crippen molar-refractivity contribution in [1.82, 2.24) is 9.97 Å². The summed E-state index contributed by atoms with van der Waals surface area (Å²) in [4.78, 5) is 20.6. The molecule has 0 spiro atoms. The van der Waals surface area contributed by atoms with E-state index in [0.717, 1.165) is 17.0 Å². The number of amides is 1. The summed E-state index contributed by atoms with van der Waals surface area (Å²) in [5.41, 5.74) is 1.94. The zero-order chi connectivity index (χ0) is 17.2. The van der Waals surface area contributed by atoms with Gasteiger partial charge in [0.2, 0.25) is 0 Å². The summed E-state index contributed by atoms with van der Waals surface area (Å²) in [5, 5.41) is 5.24. The van der Waals surface area contributed by atoms with E-state index in [1.807, 2.05) is 23.6 Å². The summed E-state index contributed by atoms with van der Waals surface area (Å²) in [5.74, 6) is 1.08. The predicted octanol–water partition coefficient (Wildman–Crippen LogP) is 3.88. The second-order valence-corrected chi connectivity index (χ2v) is 6.41. The smallest absolute Gasteiger partial charge is 0.260 e. The maximum atomic E-state index is 12.3. The Kier molecular flexibility index (Phi) is 4.25. The largest absolute Gasteiger partial charge is 0.486 e. The summed E-state index contributed by atoms with van der Waals surface area (Å²) in [6.45, 7) is 1.08. The summed E-state index contributed by atoms with van der Waals surface area (Å²) < 4.78 is 11.1. The average molecular weight is 374 g/mol. The Balaban J connectivity index is 1.54. The number of fused-ring (bicyclic) bond motifs is 1. The van der Waals surface area contributed by atoms with Gasteiger partial charge >= 0.3 is 0 Å². The molecule has 1 aliphatic heterocycles. The Labute approximate surface area is 152 Å². The number of hydrogen-bond acceptors (Lipinski definition) is 6. The number of thiazole rings is 1. The minimum Gasteiger partial charge on any atom is -0.486 e. The Morgan fingerprint density at radius 1 is 1.20 bits per heavy atom. The van der Waals surface area contributed by atoms with Crippen LogP contribution in [0.2, 0.25) is 5.15 Å². The monoisotopic (exact) mass is 373 g/mol. The fraction of sp³-hybridized carbons (Fsp3) is 0.118. The molecule has 0 aliphatic carbocycles. The molecule has 25 heavy (non-hydrogen) atoms. The van der Waals surface area contributed by atoms with Crippen LogP contribution >= 0.6 is 22.9 Å². The van der Waals surface area contributed by atoms with E-state index in [0.29, 0.717) is 29.7 Å². The number of halogens is 1. The molecule has 3 heterocycles. The molecule has 0 saturated carbocycles. The van der Waals surface area contributed by atoms with Crippen LogP contribution in [-0.2, 0) is 0 Å². The number of carbonyl (C=O) groups excluding carboxylic acids is 1. The Morgan fingerprint density at radius 2 is 2.04 bits per heavy atom. The highest BCUT2D eigenvalue weighted by Gasteiger charge is 2.16. The third kappa shape index (κ3) is 3.29. The van der Waals surface area contributed by atoms with Crippen LogP contribution in [0.1, 0.15) is 10.4 Å². The fourth-order valence-electron chi connectivity index (χ4n) is 2.39. The van der Waals surface area contributed by atoms with Crippen molar-refractivity contribution < 1.29 is 14.3 Å². The lowest BCUT2D eigenvalue weighted by Crippen LogP contribution is -2.15. The number of nitrogens with zero attached hydrogens (tertiary/aromatic N) is 2. The summed E-state index contributed by atoms with van der Waals surface area (Å²) in [6.07, 6.45) is 1.53. The maximum absolute atomic E-state index is 12.3. The van der Waals surface area contributed by atoms with Gasteiger partial charge in [0, 0.05) is 17.1 Å². The van der Waals surface area contributed by atoms with E-state index in [4.69, 9.17) is 21.1 Å². The molecule has 1 amide bonds. The van der Waals surface area contributed by atoms with E-state index >= 15 is 0 Å². The third-order valence-electron chi connectivity index (χ3n) is 3.57. The molecule has 4 rings (SSSR count). The van der Waals surface area contributed by atoms with Crippen molar-refractivity contribution in [3.05, 3.63) is 52.6 Å². The second kappa shape index (κ2) is 6.70. The summed E-state index contributed by atoms with van der Waals surface area (Å²) in [7, 11) is 0. The Morgan fingerprint density at radius 3 is 2.88 bits per heavy atom. The van der Waals surface area contributed by atoms with Crippen LogP contribution in [0.4, 0.5) is 5.13 Å². The van der Waals surface area contributed by atoms with Gasteiger partial charge < -0.3 is 9.47 Å². The molecule has 0 unspecified atom stereocenters. The van der Waals surface area contributed by atoms with Crippen molar-refractivity contribution in [2.24, 2.45) is 0 Å². The quantitative estimate of drug-likeness (QED) is 0.705. The number of nitrogens with one attached hydrogen (secondary N) is 1. The van der Waals surface area contributed by atoms with E-state index < -0.39 is 0 Å². The number of ether oxygens (including phenoxy) is 2. The van der Waals surface area contributed by atoms with Gasteiger partial charge in [-0.1, -0.05) is 11.6 Å². The first-order chi connectivity index (χ1) is 12.2. The molecule has 0 saturated heterocycles. The normalized spacial score (nSPS) is 12.7. The van der Waals surface area contributed by atoms with E-state index in [-0.39, 0.29) is 11.1 Å². The lowest BCUT2D eigenvalue weighted by molar-refractivity contribution is 0.102. The zero-order valence-corrected chi connectivity index (χ0v) is 14.4. The van der Waals surface area contributed by atoms with Crippen LogP contribution < -0.4 is 14.8 Å². The number of benzene rings is 1. The SMILES string of the molecule is O=C(Nc1nc(-c2ccc3c(c2)OCCO3)cs1)c1cccnc1Cl. The number of carbonyl (C=O) groups is 1. The van der Waals surface area contributed by atoms with Crippen molar-refractivity contribution in [1.29, 1.82) is 0 Å². The predicted molar refractivity (Wildman–Crippen MR) is 95.7 cm³/mol. The first-order valence-corrected chi connectivity index (χ1v) is 8.74. The lowest BCUT2D eigenvalue weighted by atomic mass is 10.1. The zero-order valence-electron chi connectivity index (χ0n) is 12.9. The fourth-order valence-corrected chi connectivity index (χ4v) is 3.31. The van der Waals surface area contributed by atoms with Crippen LogP contribution in [0.3, 0.4) is 0 Å². The number of aromatic nitrogens is 2. The molecule has 2 aromatic heterocycles. The maximum Gasteiger partial charge on any atom is 0.260 e.